The SMILES string of the molecule is O=C(CSc1nc2c(cnn2CCO)c(=O)[nH]1)N1N=C(c2cccs2)C[C@H]1c1ccc(F)cc1. The molecule has 0 aliphatic carbocycles. The number of carbonyl (C=O) groups excluding carboxylic acids is 1. The normalized spacial score (nSPS) is 15.8. The molecule has 3 aromatic heterocycles. The number of thioether (sulfide) groups is 1. The van der Waals surface area contributed by atoms with Crippen LogP contribution in [0.15, 0.2) is 63.0 Å². The molecule has 0 radical (unpaired) electrons. The first-order valence-electron chi connectivity index (χ1n) is 10.4. The van der Waals surface area contributed by atoms with Crippen LogP contribution < -0.4 is 5.56 Å². The monoisotopic (exact) mass is 498 g/mol. The molecule has 12 heteroatoms. The van der Waals surface area contributed by atoms with Gasteiger partial charge in [-0.1, -0.05) is 30.0 Å². The van der Waals surface area contributed by atoms with Crippen molar-refractivity contribution in [2.24, 2.45) is 5.10 Å². The van der Waals surface area contributed by atoms with E-state index in [1.165, 1.54) is 28.0 Å². The summed E-state index contributed by atoms with van der Waals surface area (Å²) in [7, 11) is 0. The maximum absolute atomic E-state index is 13.5. The fourth-order valence-corrected chi connectivity index (χ4v) is 5.17. The van der Waals surface area contributed by atoms with Gasteiger partial charge in [-0.3, -0.25) is 9.59 Å². The van der Waals surface area contributed by atoms with Crippen molar-refractivity contribution in [1.29, 1.82) is 0 Å². The van der Waals surface area contributed by atoms with Gasteiger partial charge in [0.05, 0.1) is 41.7 Å². The third-order valence-corrected chi connectivity index (χ3v) is 7.13. The summed E-state index contributed by atoms with van der Waals surface area (Å²) in [5.41, 5.74) is 1.56. The van der Waals surface area contributed by atoms with Crippen molar-refractivity contribution >= 4 is 45.8 Å². The molecule has 1 aliphatic rings. The van der Waals surface area contributed by atoms with E-state index in [9.17, 15) is 19.1 Å². The minimum atomic E-state index is -0.368. The van der Waals surface area contributed by atoms with E-state index in [0.717, 1.165) is 27.9 Å². The largest absolute Gasteiger partial charge is 0.394 e. The zero-order valence-corrected chi connectivity index (χ0v) is 19.4. The zero-order chi connectivity index (χ0) is 23.7. The Morgan fingerprint density at radius 1 is 1.29 bits per heavy atom. The number of fused-ring (bicyclic) bond motifs is 1. The molecule has 2 N–H and O–H groups in total. The Morgan fingerprint density at radius 2 is 2.12 bits per heavy atom. The van der Waals surface area contributed by atoms with Crippen LogP contribution in [0.2, 0.25) is 0 Å². The van der Waals surface area contributed by atoms with Crippen LogP contribution >= 0.6 is 23.1 Å². The average molecular weight is 499 g/mol. The van der Waals surface area contributed by atoms with Crippen LogP contribution in [0.3, 0.4) is 0 Å². The molecule has 0 saturated heterocycles. The molecule has 0 fully saturated rings. The number of benzene rings is 1. The molecule has 1 amide bonds. The summed E-state index contributed by atoms with van der Waals surface area (Å²) < 4.78 is 14.9. The summed E-state index contributed by atoms with van der Waals surface area (Å²) >= 11 is 2.63. The second-order valence-electron chi connectivity index (χ2n) is 7.52. The Bertz CT molecular complexity index is 1410. The van der Waals surface area contributed by atoms with Crippen molar-refractivity contribution in [3.8, 4) is 0 Å². The number of nitrogens with one attached hydrogen (secondary N) is 1. The van der Waals surface area contributed by atoms with Crippen LogP contribution in [0.25, 0.3) is 11.0 Å². The molecule has 1 aromatic carbocycles. The van der Waals surface area contributed by atoms with Crippen molar-refractivity contribution in [3.05, 3.63) is 74.6 Å². The van der Waals surface area contributed by atoms with E-state index in [4.69, 9.17) is 0 Å². The number of halogens is 1. The molecule has 34 heavy (non-hydrogen) atoms. The van der Waals surface area contributed by atoms with Gasteiger partial charge in [0.1, 0.15) is 11.2 Å². The lowest BCUT2D eigenvalue weighted by atomic mass is 10.0. The van der Waals surface area contributed by atoms with E-state index in [-0.39, 0.29) is 47.4 Å². The Hall–Kier alpha value is -3.35. The zero-order valence-electron chi connectivity index (χ0n) is 17.7. The van der Waals surface area contributed by atoms with E-state index in [2.05, 4.69) is 20.2 Å². The molecule has 174 valence electrons. The highest BCUT2D eigenvalue weighted by molar-refractivity contribution is 7.99. The standard InChI is InChI=1S/C22H19FN6O3S2/c23-14-5-3-13(4-6-14)17-10-16(18-2-1-9-33-18)27-29(17)19(31)12-34-22-25-20-15(21(32)26-22)11-24-28(20)7-8-30/h1-6,9,11,17,30H,7-8,10,12H2,(H,25,26,32)/t17-/m0/s1. The summed E-state index contributed by atoms with van der Waals surface area (Å²) in [4.78, 5) is 33.6. The van der Waals surface area contributed by atoms with Gasteiger partial charge in [-0.05, 0) is 29.1 Å². The van der Waals surface area contributed by atoms with Crippen LogP contribution in [0.4, 0.5) is 4.39 Å². The van der Waals surface area contributed by atoms with E-state index >= 15 is 0 Å². The third-order valence-electron chi connectivity index (χ3n) is 5.35. The molecule has 1 atom stereocenters. The number of aromatic amines is 1. The predicted octanol–water partition coefficient (Wildman–Crippen LogP) is 2.78. The molecule has 5 rings (SSSR count). The Morgan fingerprint density at radius 3 is 2.85 bits per heavy atom. The van der Waals surface area contributed by atoms with Crippen molar-refractivity contribution in [3.63, 3.8) is 0 Å². The third kappa shape index (κ3) is 4.39. The fraction of sp³-hybridized carbons (Fsp3) is 0.227. The Balaban J connectivity index is 1.39. The minimum Gasteiger partial charge on any atom is -0.394 e. The van der Waals surface area contributed by atoms with Crippen LogP contribution in [0, 0.1) is 5.82 Å². The van der Waals surface area contributed by atoms with Gasteiger partial charge in [0.25, 0.3) is 11.5 Å². The molecule has 0 bridgehead atoms. The summed E-state index contributed by atoms with van der Waals surface area (Å²) in [6.07, 6.45) is 1.92. The van der Waals surface area contributed by atoms with Crippen LogP contribution in [0.5, 0.6) is 0 Å². The fourth-order valence-electron chi connectivity index (χ4n) is 3.74. The van der Waals surface area contributed by atoms with Crippen molar-refractivity contribution in [1.82, 2.24) is 24.8 Å². The molecule has 0 saturated carbocycles. The van der Waals surface area contributed by atoms with Crippen LogP contribution in [-0.4, -0.2) is 53.8 Å². The summed E-state index contributed by atoms with van der Waals surface area (Å²) in [6.45, 7) is 0.0624. The number of hydrogen-bond acceptors (Lipinski definition) is 8. The van der Waals surface area contributed by atoms with Gasteiger partial charge < -0.3 is 10.1 Å². The maximum Gasteiger partial charge on any atom is 0.262 e. The number of nitrogens with zero attached hydrogens (tertiary/aromatic N) is 5. The second-order valence-corrected chi connectivity index (χ2v) is 9.43. The first-order chi connectivity index (χ1) is 16.5. The van der Waals surface area contributed by atoms with E-state index in [1.54, 1.807) is 23.5 Å². The number of hydrogen-bond donors (Lipinski definition) is 2. The van der Waals surface area contributed by atoms with Gasteiger partial charge in [0.2, 0.25) is 0 Å². The van der Waals surface area contributed by atoms with E-state index in [1.807, 2.05) is 17.5 Å². The highest BCUT2D eigenvalue weighted by atomic mass is 32.2. The number of aliphatic hydroxyl groups excluding tert-OH is 1. The molecule has 1 aliphatic heterocycles. The highest BCUT2D eigenvalue weighted by Crippen LogP contribution is 2.34. The number of H-pyrrole nitrogens is 1. The molecule has 0 spiro atoms. The lowest BCUT2D eigenvalue weighted by Gasteiger charge is -2.21. The molecular formula is C22H19FN6O3S2. The van der Waals surface area contributed by atoms with Crippen LogP contribution in [-0.2, 0) is 11.3 Å². The summed E-state index contributed by atoms with van der Waals surface area (Å²) in [6, 6.07) is 9.59. The Labute approximate surface area is 200 Å². The number of aromatic nitrogens is 4. The molecule has 9 nitrogen and oxygen atoms in total. The number of thiophene rings is 1. The van der Waals surface area contributed by atoms with Gasteiger partial charge in [-0.25, -0.2) is 19.1 Å². The Kier molecular flexibility index (Phi) is 6.26. The average Bonchev–Trinajstić information content (AvgIpc) is 3.58. The van der Waals surface area contributed by atoms with Crippen LogP contribution in [0.1, 0.15) is 22.9 Å². The van der Waals surface area contributed by atoms with E-state index in [0.29, 0.717) is 17.5 Å². The summed E-state index contributed by atoms with van der Waals surface area (Å²) in [5, 5.41) is 21.8. The van der Waals surface area contributed by atoms with Gasteiger partial charge >= 0.3 is 0 Å². The molecular weight excluding hydrogens is 479 g/mol. The molecule has 0 unspecified atom stereocenters. The van der Waals surface area contributed by atoms with Crippen molar-refractivity contribution in [2.75, 3.05) is 12.4 Å². The smallest absolute Gasteiger partial charge is 0.262 e. The first kappa shape index (κ1) is 22.4. The quantitative estimate of drug-likeness (QED) is 0.299. The predicted molar refractivity (Wildman–Crippen MR) is 127 cm³/mol. The van der Waals surface area contributed by atoms with Gasteiger partial charge in [-0.15, -0.1) is 11.3 Å². The number of amides is 1. The molecule has 4 aromatic rings. The second kappa shape index (κ2) is 9.49. The number of hydrazone groups is 1. The summed E-state index contributed by atoms with van der Waals surface area (Å²) in [5.74, 6) is -0.625. The van der Waals surface area contributed by atoms with Gasteiger partial charge in [-0.2, -0.15) is 10.2 Å². The topological polar surface area (TPSA) is 116 Å². The van der Waals surface area contributed by atoms with Crippen molar-refractivity contribution in [2.45, 2.75) is 24.2 Å². The first-order valence-corrected chi connectivity index (χ1v) is 12.3. The maximum atomic E-state index is 13.5. The molecule has 4 heterocycles. The lowest BCUT2D eigenvalue weighted by Crippen LogP contribution is -2.28. The highest BCUT2D eigenvalue weighted by Gasteiger charge is 2.33. The number of rotatable bonds is 7. The van der Waals surface area contributed by atoms with Crippen molar-refractivity contribution < 1.29 is 14.3 Å². The van der Waals surface area contributed by atoms with E-state index < -0.39 is 0 Å². The number of carbonyl (C=O) groups is 1. The number of aliphatic hydroxyl groups is 1. The van der Waals surface area contributed by atoms with Gasteiger partial charge in [0.15, 0.2) is 10.8 Å². The minimum absolute atomic E-state index is 0.0124. The van der Waals surface area contributed by atoms with Gasteiger partial charge in [0, 0.05) is 6.42 Å². The lowest BCUT2D eigenvalue weighted by molar-refractivity contribution is -0.130.